The summed E-state index contributed by atoms with van der Waals surface area (Å²) < 4.78 is 0. The molecular weight excluding hydrogens is 230 g/mol. The van der Waals surface area contributed by atoms with Crippen LogP contribution in [0, 0.1) is 6.92 Å². The molecule has 1 rings (SSSR count). The maximum atomic E-state index is 4.55. The molecule has 0 unspecified atom stereocenters. The van der Waals surface area contributed by atoms with Crippen LogP contribution in [0.5, 0.6) is 0 Å². The van der Waals surface area contributed by atoms with Gasteiger partial charge in [0.05, 0.1) is 16.1 Å². The molecule has 0 saturated heterocycles. The zero-order chi connectivity index (χ0) is 12.6. The lowest BCUT2D eigenvalue weighted by Crippen LogP contribution is -2.47. The van der Waals surface area contributed by atoms with E-state index < -0.39 is 16.1 Å². The molecule has 0 aliphatic rings. The van der Waals surface area contributed by atoms with Crippen molar-refractivity contribution in [1.29, 1.82) is 0 Å². The van der Waals surface area contributed by atoms with Crippen LogP contribution in [-0.2, 0) is 0 Å². The molecule has 1 heterocycles. The topological polar surface area (TPSA) is 38.7 Å². The Bertz CT molecular complexity index is 352. The smallest absolute Gasteiger partial charge is 0.130 e. The van der Waals surface area contributed by atoms with E-state index in [9.17, 15) is 0 Å². The van der Waals surface area contributed by atoms with Crippen molar-refractivity contribution in [1.82, 2.24) is 15.0 Å². The van der Waals surface area contributed by atoms with E-state index in [1.165, 1.54) is 0 Å². The van der Waals surface area contributed by atoms with Crippen LogP contribution in [-0.4, -0.2) is 31.1 Å². The molecule has 0 amide bonds. The van der Waals surface area contributed by atoms with E-state index >= 15 is 0 Å². The summed E-state index contributed by atoms with van der Waals surface area (Å²) in [7, 11) is -2.55. The zero-order valence-electron chi connectivity index (χ0n) is 11.5. The third-order valence-corrected chi connectivity index (χ3v) is 11.9. The SMILES string of the molecule is Cc1ncnc(C([Si](C)(C)C)[Si](C)(C)C)n1. The molecule has 0 radical (unpaired) electrons. The Kier molecular flexibility index (Phi) is 3.69. The first-order valence-corrected chi connectivity index (χ1v) is 12.9. The average molecular weight is 253 g/mol. The first-order valence-electron chi connectivity index (χ1n) is 5.78. The summed E-state index contributed by atoms with van der Waals surface area (Å²) in [5.74, 6) is 1.87. The molecule has 3 nitrogen and oxygen atoms in total. The molecule has 1 aromatic rings. The monoisotopic (exact) mass is 253 g/mol. The van der Waals surface area contributed by atoms with Crippen LogP contribution in [0.3, 0.4) is 0 Å². The van der Waals surface area contributed by atoms with E-state index in [4.69, 9.17) is 0 Å². The fourth-order valence-corrected chi connectivity index (χ4v) is 14.8. The van der Waals surface area contributed by atoms with Gasteiger partial charge in [-0.2, -0.15) is 0 Å². The van der Waals surface area contributed by atoms with Gasteiger partial charge < -0.3 is 0 Å². The summed E-state index contributed by atoms with van der Waals surface area (Å²) >= 11 is 0. The van der Waals surface area contributed by atoms with Gasteiger partial charge in [0.1, 0.15) is 18.0 Å². The van der Waals surface area contributed by atoms with Gasteiger partial charge in [0, 0.05) is 5.16 Å². The lowest BCUT2D eigenvalue weighted by molar-refractivity contribution is 0.875. The molecule has 0 bridgehead atoms. The number of hydrogen-bond acceptors (Lipinski definition) is 3. The van der Waals surface area contributed by atoms with Gasteiger partial charge in [-0.3, -0.25) is 0 Å². The van der Waals surface area contributed by atoms with Crippen LogP contribution in [0.4, 0.5) is 0 Å². The fourth-order valence-electron chi connectivity index (χ4n) is 2.61. The van der Waals surface area contributed by atoms with E-state index in [-0.39, 0.29) is 0 Å². The van der Waals surface area contributed by atoms with Crippen molar-refractivity contribution in [2.45, 2.75) is 51.4 Å². The largest absolute Gasteiger partial charge is 0.222 e. The normalized spacial score (nSPS) is 13.2. The highest BCUT2D eigenvalue weighted by molar-refractivity contribution is 6.96. The minimum atomic E-state index is -1.28. The Morgan fingerprint density at radius 1 is 0.938 bits per heavy atom. The van der Waals surface area contributed by atoms with Gasteiger partial charge in [-0.1, -0.05) is 39.3 Å². The number of aromatic nitrogens is 3. The van der Waals surface area contributed by atoms with Gasteiger partial charge in [-0.25, -0.2) is 15.0 Å². The summed E-state index contributed by atoms with van der Waals surface area (Å²) in [4.78, 5) is 13.1. The summed E-state index contributed by atoms with van der Waals surface area (Å²) in [6.45, 7) is 16.4. The molecule has 90 valence electrons. The highest BCUT2D eigenvalue weighted by atomic mass is 28.4. The predicted octanol–water partition coefficient (Wildman–Crippen LogP) is 3.02. The Labute approximate surface area is 101 Å². The predicted molar refractivity (Wildman–Crippen MR) is 74.0 cm³/mol. The number of rotatable bonds is 3. The van der Waals surface area contributed by atoms with Gasteiger partial charge in [-0.15, -0.1) is 0 Å². The molecule has 0 aliphatic heterocycles. The summed E-state index contributed by atoms with van der Waals surface area (Å²) in [6.07, 6.45) is 1.66. The van der Waals surface area contributed by atoms with E-state index in [0.29, 0.717) is 5.16 Å². The first-order chi connectivity index (χ1) is 7.12. The van der Waals surface area contributed by atoms with Crippen LogP contribution < -0.4 is 0 Å². The van der Waals surface area contributed by atoms with Crippen molar-refractivity contribution in [2.24, 2.45) is 0 Å². The summed E-state index contributed by atoms with van der Waals surface area (Å²) in [5.41, 5.74) is 0. The Balaban J connectivity index is 3.23. The van der Waals surface area contributed by atoms with Gasteiger partial charge in [-0.05, 0) is 6.92 Å². The quantitative estimate of drug-likeness (QED) is 0.777. The van der Waals surface area contributed by atoms with Gasteiger partial charge in [0.2, 0.25) is 0 Å². The standard InChI is InChI=1S/C11H23N3Si2/c1-9-12-8-13-10(14-9)11(15(2,3)4)16(5,6)7/h8,11H,1-7H3. The lowest BCUT2D eigenvalue weighted by atomic mass is 10.6. The second kappa shape index (κ2) is 4.37. The Morgan fingerprint density at radius 2 is 1.44 bits per heavy atom. The van der Waals surface area contributed by atoms with Crippen molar-refractivity contribution in [2.75, 3.05) is 0 Å². The van der Waals surface area contributed by atoms with Crippen LogP contribution in [0.1, 0.15) is 16.8 Å². The summed E-state index contributed by atoms with van der Waals surface area (Å²) in [6, 6.07) is 0. The minimum absolute atomic E-state index is 0.599. The molecule has 0 aliphatic carbocycles. The zero-order valence-corrected chi connectivity index (χ0v) is 13.5. The maximum Gasteiger partial charge on any atom is 0.130 e. The van der Waals surface area contributed by atoms with Crippen LogP contribution in [0.15, 0.2) is 6.33 Å². The van der Waals surface area contributed by atoms with Crippen LogP contribution >= 0.6 is 0 Å². The highest BCUT2D eigenvalue weighted by Gasteiger charge is 2.40. The van der Waals surface area contributed by atoms with Crippen molar-refractivity contribution < 1.29 is 0 Å². The van der Waals surface area contributed by atoms with Crippen LogP contribution in [0.2, 0.25) is 39.3 Å². The molecule has 0 spiro atoms. The molecule has 0 saturated carbocycles. The van der Waals surface area contributed by atoms with Crippen molar-refractivity contribution in [3.05, 3.63) is 18.0 Å². The molecule has 5 heteroatoms. The maximum absolute atomic E-state index is 4.55. The molecular formula is C11H23N3Si2. The second-order valence-corrected chi connectivity index (χ2v) is 17.8. The molecule has 0 N–H and O–H groups in total. The lowest BCUT2D eigenvalue weighted by Gasteiger charge is -2.36. The summed E-state index contributed by atoms with van der Waals surface area (Å²) in [5, 5.41) is 0.599. The molecule has 16 heavy (non-hydrogen) atoms. The third-order valence-electron chi connectivity index (χ3n) is 2.70. The molecule has 1 aromatic heterocycles. The van der Waals surface area contributed by atoms with Crippen LogP contribution in [0.25, 0.3) is 0 Å². The van der Waals surface area contributed by atoms with Gasteiger partial charge in [0.15, 0.2) is 0 Å². The molecule has 0 fully saturated rings. The van der Waals surface area contributed by atoms with E-state index in [0.717, 1.165) is 11.6 Å². The minimum Gasteiger partial charge on any atom is -0.222 e. The van der Waals surface area contributed by atoms with Gasteiger partial charge >= 0.3 is 0 Å². The Hall–Kier alpha value is -0.556. The number of hydrogen-bond donors (Lipinski definition) is 0. The third kappa shape index (κ3) is 3.22. The average Bonchev–Trinajstić information content (AvgIpc) is 1.97. The van der Waals surface area contributed by atoms with E-state index in [2.05, 4.69) is 54.2 Å². The van der Waals surface area contributed by atoms with Gasteiger partial charge in [0.25, 0.3) is 0 Å². The first kappa shape index (κ1) is 13.5. The number of nitrogens with zero attached hydrogens (tertiary/aromatic N) is 3. The fraction of sp³-hybridized carbons (Fsp3) is 0.727. The molecule has 0 aromatic carbocycles. The number of aryl methyl sites for hydroxylation is 1. The highest BCUT2D eigenvalue weighted by Crippen LogP contribution is 2.33. The Morgan fingerprint density at radius 3 is 1.81 bits per heavy atom. The van der Waals surface area contributed by atoms with E-state index in [1.807, 2.05) is 6.92 Å². The molecule has 0 atom stereocenters. The second-order valence-electron chi connectivity index (χ2n) is 6.56. The van der Waals surface area contributed by atoms with E-state index in [1.54, 1.807) is 6.33 Å². The van der Waals surface area contributed by atoms with Crippen molar-refractivity contribution in [3.63, 3.8) is 0 Å². The van der Waals surface area contributed by atoms with Crippen molar-refractivity contribution >= 4 is 16.1 Å². The van der Waals surface area contributed by atoms with Crippen molar-refractivity contribution in [3.8, 4) is 0 Å².